The largest absolute Gasteiger partial charge is 0.454 e. The lowest BCUT2D eigenvalue weighted by atomic mass is 10.0. The molecule has 0 radical (unpaired) electrons. The molecular formula is C23H18ClF2N3O3S. The molecule has 1 aliphatic carbocycles. The van der Waals surface area contributed by atoms with Crippen LogP contribution in [0.3, 0.4) is 0 Å². The summed E-state index contributed by atoms with van der Waals surface area (Å²) < 4.78 is 55.5. The van der Waals surface area contributed by atoms with Gasteiger partial charge in [0.15, 0.2) is 11.6 Å². The van der Waals surface area contributed by atoms with Crippen LogP contribution in [0.15, 0.2) is 64.5 Å². The highest BCUT2D eigenvalue weighted by atomic mass is 35.5. The fourth-order valence-electron chi connectivity index (χ4n) is 3.74. The van der Waals surface area contributed by atoms with E-state index < -0.39 is 25.6 Å². The van der Waals surface area contributed by atoms with Gasteiger partial charge in [0.05, 0.1) is 9.73 Å². The van der Waals surface area contributed by atoms with Crippen LogP contribution >= 0.6 is 11.6 Å². The molecule has 2 N–H and O–H groups in total. The van der Waals surface area contributed by atoms with Gasteiger partial charge in [-0.15, -0.1) is 11.6 Å². The summed E-state index contributed by atoms with van der Waals surface area (Å²) in [7, 11) is -1.76. The van der Waals surface area contributed by atoms with E-state index in [0.717, 1.165) is 6.07 Å². The van der Waals surface area contributed by atoms with Gasteiger partial charge < -0.3 is 14.3 Å². The number of rotatable bonds is 5. The molecule has 4 aromatic rings. The molecule has 6 nitrogen and oxygen atoms in total. The number of benzene rings is 2. The van der Waals surface area contributed by atoms with E-state index in [2.05, 4.69) is 4.98 Å². The van der Waals surface area contributed by atoms with Crippen molar-refractivity contribution in [1.82, 2.24) is 9.55 Å². The Labute approximate surface area is 192 Å². The van der Waals surface area contributed by atoms with Gasteiger partial charge in [0.2, 0.25) is 0 Å². The minimum absolute atomic E-state index is 0.181. The van der Waals surface area contributed by atoms with Crippen LogP contribution in [0.2, 0.25) is 0 Å². The van der Waals surface area contributed by atoms with Gasteiger partial charge in [0.25, 0.3) is 5.56 Å². The Hall–Kier alpha value is -3.17. The maximum atomic E-state index is 14.3. The van der Waals surface area contributed by atoms with Crippen molar-refractivity contribution >= 4 is 32.2 Å². The van der Waals surface area contributed by atoms with Gasteiger partial charge in [-0.05, 0) is 49.2 Å². The number of hydrogen-bond donors (Lipinski definition) is 2. The summed E-state index contributed by atoms with van der Waals surface area (Å²) in [4.78, 5) is 15.6. The molecule has 0 saturated heterocycles. The number of aromatic amines is 1. The van der Waals surface area contributed by atoms with Gasteiger partial charge >= 0.3 is 0 Å². The average molecular weight is 490 g/mol. The molecule has 1 fully saturated rings. The summed E-state index contributed by atoms with van der Waals surface area (Å²) in [6.45, 7) is 0. The summed E-state index contributed by atoms with van der Waals surface area (Å²) in [5.74, 6) is -1.66. The SMILES string of the molecule is Cn1cc(-c2cc(S(=N)(=O)C3(Cl)CC3)ccc2Oc2ccc(F)cc2F)c2cc[nH]c2c1=O. The molecule has 1 atom stereocenters. The Balaban J connectivity index is 1.75. The van der Waals surface area contributed by atoms with E-state index in [1.807, 2.05) is 0 Å². The Bertz CT molecular complexity index is 1590. The van der Waals surface area contributed by atoms with Crippen molar-refractivity contribution in [2.24, 2.45) is 7.05 Å². The van der Waals surface area contributed by atoms with Crippen molar-refractivity contribution in [3.05, 3.63) is 76.8 Å². The number of pyridine rings is 1. The fraction of sp³-hybridized carbons (Fsp3) is 0.174. The first kappa shape index (κ1) is 21.7. The van der Waals surface area contributed by atoms with E-state index in [4.69, 9.17) is 21.1 Å². The maximum Gasteiger partial charge on any atom is 0.274 e. The second kappa shape index (κ2) is 7.43. The number of halogens is 3. The summed E-state index contributed by atoms with van der Waals surface area (Å²) in [6.07, 6.45) is 4.14. The van der Waals surface area contributed by atoms with Crippen LogP contribution in [-0.2, 0) is 16.8 Å². The highest BCUT2D eigenvalue weighted by Gasteiger charge is 2.51. The van der Waals surface area contributed by atoms with E-state index in [1.165, 1.54) is 28.8 Å². The maximum absolute atomic E-state index is 14.3. The number of nitrogens with zero attached hydrogens (tertiary/aromatic N) is 1. The Morgan fingerprint density at radius 1 is 1.12 bits per heavy atom. The van der Waals surface area contributed by atoms with Gasteiger partial charge in [-0.1, -0.05) is 0 Å². The van der Waals surface area contributed by atoms with Gasteiger partial charge in [-0.25, -0.2) is 17.8 Å². The monoisotopic (exact) mass is 489 g/mol. The third kappa shape index (κ3) is 3.52. The van der Waals surface area contributed by atoms with Gasteiger partial charge in [-0.2, -0.15) is 0 Å². The van der Waals surface area contributed by atoms with Gasteiger partial charge in [0.1, 0.15) is 21.3 Å². The molecule has 33 heavy (non-hydrogen) atoms. The zero-order chi connectivity index (χ0) is 23.5. The number of nitrogens with one attached hydrogen (secondary N) is 2. The first-order chi connectivity index (χ1) is 15.6. The Morgan fingerprint density at radius 3 is 2.55 bits per heavy atom. The number of alkyl halides is 1. The first-order valence-electron chi connectivity index (χ1n) is 10.0. The molecule has 0 amide bonds. The lowest BCUT2D eigenvalue weighted by molar-refractivity contribution is 0.438. The summed E-state index contributed by atoms with van der Waals surface area (Å²) in [5.41, 5.74) is 1.03. The lowest BCUT2D eigenvalue weighted by Gasteiger charge is -2.18. The van der Waals surface area contributed by atoms with Crippen LogP contribution in [0.25, 0.3) is 22.0 Å². The first-order valence-corrected chi connectivity index (χ1v) is 12.0. The zero-order valence-corrected chi connectivity index (χ0v) is 18.9. The molecule has 0 bridgehead atoms. The lowest BCUT2D eigenvalue weighted by Crippen LogP contribution is -2.17. The van der Waals surface area contributed by atoms with Crippen LogP contribution < -0.4 is 10.3 Å². The molecule has 2 aromatic heterocycles. The van der Waals surface area contributed by atoms with E-state index >= 15 is 0 Å². The third-order valence-corrected chi connectivity index (χ3v) is 9.13. The standard InChI is InChI=1S/C23H18ClF2N3O3S/c1-29-12-17(15-6-9-28-21(15)22(29)30)16-11-14(33(27,31)23(24)7-8-23)3-5-19(16)32-20-4-2-13(25)10-18(20)26/h2-6,9-12,27-28H,7-8H2,1H3. The minimum Gasteiger partial charge on any atom is -0.454 e. The van der Waals surface area contributed by atoms with Crippen molar-refractivity contribution in [3.8, 4) is 22.6 Å². The van der Waals surface area contributed by atoms with E-state index in [1.54, 1.807) is 25.5 Å². The van der Waals surface area contributed by atoms with E-state index in [-0.39, 0.29) is 22.0 Å². The highest BCUT2D eigenvalue weighted by molar-refractivity contribution is 7.95. The predicted molar refractivity (Wildman–Crippen MR) is 122 cm³/mol. The van der Waals surface area contributed by atoms with Crippen LogP contribution in [-0.4, -0.2) is 18.0 Å². The number of fused-ring (bicyclic) bond motifs is 1. The molecule has 1 aliphatic rings. The predicted octanol–water partition coefficient (Wildman–Crippen LogP) is 5.74. The van der Waals surface area contributed by atoms with Gasteiger partial charge in [-0.3, -0.25) is 4.79 Å². The Morgan fingerprint density at radius 2 is 1.85 bits per heavy atom. The molecule has 1 unspecified atom stereocenters. The van der Waals surface area contributed by atoms with E-state index in [9.17, 15) is 17.8 Å². The molecule has 2 aromatic carbocycles. The van der Waals surface area contributed by atoms with Gasteiger partial charge in [0, 0.05) is 46.9 Å². The van der Waals surface area contributed by atoms with Crippen LogP contribution in [0.4, 0.5) is 8.78 Å². The van der Waals surface area contributed by atoms with Crippen LogP contribution in [0.5, 0.6) is 11.5 Å². The Kier molecular flexibility index (Phi) is 4.88. The third-order valence-electron chi connectivity index (χ3n) is 5.74. The number of hydrogen-bond acceptors (Lipinski definition) is 4. The molecule has 10 heteroatoms. The number of aryl methyl sites for hydroxylation is 1. The molecule has 1 saturated carbocycles. The summed E-state index contributed by atoms with van der Waals surface area (Å²) in [5, 5.41) is 0.572. The molecule has 0 aliphatic heterocycles. The number of aromatic nitrogens is 2. The van der Waals surface area contributed by atoms with Crippen molar-refractivity contribution in [2.75, 3.05) is 0 Å². The van der Waals surface area contributed by atoms with Crippen molar-refractivity contribution in [2.45, 2.75) is 21.9 Å². The molecule has 5 rings (SSSR count). The van der Waals surface area contributed by atoms with Crippen LogP contribution in [0, 0.1) is 16.4 Å². The van der Waals surface area contributed by atoms with Crippen molar-refractivity contribution in [3.63, 3.8) is 0 Å². The topological polar surface area (TPSA) is 87.9 Å². The number of ether oxygens (including phenoxy) is 1. The van der Waals surface area contributed by atoms with Crippen LogP contribution in [0.1, 0.15) is 12.8 Å². The molecular weight excluding hydrogens is 472 g/mol. The normalized spacial score (nSPS) is 16.5. The summed E-state index contributed by atoms with van der Waals surface area (Å²) in [6, 6.07) is 9.14. The van der Waals surface area contributed by atoms with Crippen molar-refractivity contribution in [1.29, 1.82) is 4.78 Å². The average Bonchev–Trinajstić information content (AvgIpc) is 3.35. The minimum atomic E-state index is -3.35. The fourth-order valence-corrected chi connectivity index (χ4v) is 5.75. The molecule has 2 heterocycles. The zero-order valence-electron chi connectivity index (χ0n) is 17.3. The van der Waals surface area contributed by atoms with E-state index in [0.29, 0.717) is 40.9 Å². The number of H-pyrrole nitrogens is 1. The molecule has 0 spiro atoms. The second-order valence-corrected chi connectivity index (χ2v) is 11.3. The smallest absolute Gasteiger partial charge is 0.274 e. The second-order valence-electron chi connectivity index (χ2n) is 8.00. The van der Waals surface area contributed by atoms with Crippen molar-refractivity contribution < 1.29 is 17.7 Å². The molecule has 170 valence electrons. The summed E-state index contributed by atoms with van der Waals surface area (Å²) >= 11 is 6.37. The quantitative estimate of drug-likeness (QED) is 0.350. The highest BCUT2D eigenvalue weighted by Crippen LogP contribution is 2.51.